The fraction of sp³-hybridized carbons (Fsp3) is 0.0714. The van der Waals surface area contributed by atoms with Crippen molar-refractivity contribution < 1.29 is 4.42 Å². The van der Waals surface area contributed by atoms with E-state index >= 15 is 0 Å². The number of halogens is 3. The molecule has 0 radical (unpaired) electrons. The SMILES string of the molecule is ClC(Cl)=CCn1cc(-c2ocnc2Br)c2ccccc21. The van der Waals surface area contributed by atoms with E-state index in [-0.39, 0.29) is 4.49 Å². The monoisotopic (exact) mass is 370 g/mol. The Morgan fingerprint density at radius 2 is 2.15 bits per heavy atom. The highest BCUT2D eigenvalue weighted by atomic mass is 79.9. The molecule has 3 nitrogen and oxygen atoms in total. The van der Waals surface area contributed by atoms with Crippen LogP contribution in [0.3, 0.4) is 0 Å². The second-order valence-electron chi connectivity index (χ2n) is 4.18. The maximum atomic E-state index is 5.69. The third-order valence-electron chi connectivity index (χ3n) is 3.00. The summed E-state index contributed by atoms with van der Waals surface area (Å²) in [5.74, 6) is 0.709. The lowest BCUT2D eigenvalue weighted by Gasteiger charge is -2.00. The van der Waals surface area contributed by atoms with Gasteiger partial charge in [-0.3, -0.25) is 0 Å². The minimum Gasteiger partial charge on any atom is -0.442 e. The number of fused-ring (bicyclic) bond motifs is 1. The van der Waals surface area contributed by atoms with Crippen molar-refractivity contribution in [3.63, 3.8) is 0 Å². The van der Waals surface area contributed by atoms with Crippen LogP contribution in [0.15, 0.2) is 56.4 Å². The molecule has 3 aromatic rings. The molecular formula is C14H9BrCl2N2O. The van der Waals surface area contributed by atoms with Gasteiger partial charge in [0, 0.05) is 29.2 Å². The Balaban J connectivity index is 2.19. The molecule has 0 amide bonds. The number of hydrogen-bond donors (Lipinski definition) is 0. The Hall–Kier alpha value is -1.23. The smallest absolute Gasteiger partial charge is 0.182 e. The van der Waals surface area contributed by atoms with E-state index in [1.807, 2.05) is 30.5 Å². The van der Waals surface area contributed by atoms with Crippen LogP contribution in [-0.2, 0) is 6.54 Å². The first-order chi connectivity index (χ1) is 9.66. The van der Waals surface area contributed by atoms with Crippen LogP contribution in [0, 0.1) is 0 Å². The Morgan fingerprint density at radius 1 is 1.35 bits per heavy atom. The molecule has 20 heavy (non-hydrogen) atoms. The van der Waals surface area contributed by atoms with E-state index in [4.69, 9.17) is 27.6 Å². The second kappa shape index (κ2) is 5.64. The Labute approximate surface area is 133 Å². The third kappa shape index (κ3) is 2.51. The predicted octanol–water partition coefficient (Wildman–Crippen LogP) is 5.38. The summed E-state index contributed by atoms with van der Waals surface area (Å²) >= 11 is 14.8. The van der Waals surface area contributed by atoms with Gasteiger partial charge in [-0.05, 0) is 28.1 Å². The summed E-state index contributed by atoms with van der Waals surface area (Å²) in [6, 6.07) is 8.07. The van der Waals surface area contributed by atoms with E-state index in [9.17, 15) is 0 Å². The minimum absolute atomic E-state index is 0.255. The lowest BCUT2D eigenvalue weighted by Crippen LogP contribution is -1.92. The lowest BCUT2D eigenvalue weighted by atomic mass is 10.1. The van der Waals surface area contributed by atoms with Gasteiger partial charge in [-0.25, -0.2) is 4.98 Å². The number of para-hydroxylation sites is 1. The van der Waals surface area contributed by atoms with Gasteiger partial charge in [-0.15, -0.1) is 0 Å². The molecule has 0 aliphatic heterocycles. The summed E-state index contributed by atoms with van der Waals surface area (Å²) < 4.78 is 8.46. The molecule has 0 bridgehead atoms. The maximum absolute atomic E-state index is 5.69. The summed E-state index contributed by atoms with van der Waals surface area (Å²) in [6.45, 7) is 0.592. The highest BCUT2D eigenvalue weighted by Crippen LogP contribution is 2.34. The molecule has 0 saturated carbocycles. The molecule has 2 aromatic heterocycles. The average Bonchev–Trinajstić information content (AvgIpc) is 3.00. The van der Waals surface area contributed by atoms with Gasteiger partial charge in [0.1, 0.15) is 4.49 Å². The Kier molecular flexibility index (Phi) is 3.87. The van der Waals surface area contributed by atoms with Gasteiger partial charge in [0.05, 0.1) is 0 Å². The molecule has 0 atom stereocenters. The third-order valence-corrected chi connectivity index (χ3v) is 3.87. The van der Waals surface area contributed by atoms with E-state index in [1.54, 1.807) is 6.08 Å². The van der Waals surface area contributed by atoms with Crippen LogP contribution in [0.25, 0.3) is 22.2 Å². The highest BCUT2D eigenvalue weighted by molar-refractivity contribution is 9.10. The van der Waals surface area contributed by atoms with Crippen LogP contribution < -0.4 is 0 Å². The van der Waals surface area contributed by atoms with Crippen LogP contribution in [0.2, 0.25) is 0 Å². The van der Waals surface area contributed by atoms with Gasteiger partial charge in [-0.1, -0.05) is 41.4 Å². The number of benzene rings is 1. The summed E-state index contributed by atoms with van der Waals surface area (Å²) in [7, 11) is 0. The fourth-order valence-corrected chi connectivity index (χ4v) is 2.68. The van der Waals surface area contributed by atoms with Gasteiger partial charge in [0.25, 0.3) is 0 Å². The van der Waals surface area contributed by atoms with Gasteiger partial charge < -0.3 is 8.98 Å². The number of allylic oxidation sites excluding steroid dienone is 1. The second-order valence-corrected chi connectivity index (χ2v) is 5.94. The van der Waals surface area contributed by atoms with E-state index in [2.05, 4.69) is 25.5 Å². The molecule has 0 fully saturated rings. The molecule has 6 heteroatoms. The molecule has 0 spiro atoms. The van der Waals surface area contributed by atoms with Gasteiger partial charge in [-0.2, -0.15) is 0 Å². The van der Waals surface area contributed by atoms with E-state index in [0.717, 1.165) is 16.5 Å². The van der Waals surface area contributed by atoms with E-state index in [1.165, 1.54) is 6.39 Å². The predicted molar refractivity (Wildman–Crippen MR) is 84.9 cm³/mol. The summed E-state index contributed by atoms with van der Waals surface area (Å²) in [5, 5.41) is 1.09. The normalized spacial score (nSPS) is 10.9. The Bertz CT molecular complexity index is 787. The van der Waals surface area contributed by atoms with Gasteiger partial charge in [0.15, 0.2) is 16.8 Å². The molecule has 0 saturated heterocycles. The quantitative estimate of drug-likeness (QED) is 0.618. The van der Waals surface area contributed by atoms with Crippen LogP contribution in [0.4, 0.5) is 0 Å². The van der Waals surface area contributed by atoms with Crippen molar-refractivity contribution in [1.29, 1.82) is 0 Å². The first kappa shape index (κ1) is 13.7. The van der Waals surface area contributed by atoms with Crippen molar-refractivity contribution in [3.05, 3.63) is 52.0 Å². The van der Waals surface area contributed by atoms with Crippen molar-refractivity contribution in [3.8, 4) is 11.3 Å². The van der Waals surface area contributed by atoms with Crippen molar-refractivity contribution in [2.45, 2.75) is 6.54 Å². The first-order valence-corrected chi connectivity index (χ1v) is 7.40. The van der Waals surface area contributed by atoms with Crippen molar-refractivity contribution in [2.24, 2.45) is 0 Å². The van der Waals surface area contributed by atoms with Crippen LogP contribution in [-0.4, -0.2) is 9.55 Å². The van der Waals surface area contributed by atoms with Crippen molar-refractivity contribution >= 4 is 50.0 Å². The average molecular weight is 372 g/mol. The van der Waals surface area contributed by atoms with E-state index in [0.29, 0.717) is 16.9 Å². The number of rotatable bonds is 3. The lowest BCUT2D eigenvalue weighted by molar-refractivity contribution is 0.572. The molecule has 0 aliphatic carbocycles. The van der Waals surface area contributed by atoms with Crippen LogP contribution >= 0.6 is 39.1 Å². The first-order valence-electron chi connectivity index (χ1n) is 5.85. The number of aromatic nitrogens is 2. The van der Waals surface area contributed by atoms with Gasteiger partial charge >= 0.3 is 0 Å². The highest BCUT2D eigenvalue weighted by Gasteiger charge is 2.15. The molecule has 3 rings (SSSR count). The summed E-state index contributed by atoms with van der Waals surface area (Å²) in [4.78, 5) is 4.07. The number of hydrogen-bond acceptors (Lipinski definition) is 2. The molecule has 2 heterocycles. The largest absolute Gasteiger partial charge is 0.442 e. The Morgan fingerprint density at radius 3 is 2.85 bits per heavy atom. The zero-order valence-corrected chi connectivity index (χ0v) is 13.3. The van der Waals surface area contributed by atoms with Crippen molar-refractivity contribution in [2.75, 3.05) is 0 Å². The summed E-state index contributed by atoms with van der Waals surface area (Å²) in [5.41, 5.74) is 2.06. The molecular weight excluding hydrogens is 363 g/mol. The molecule has 0 unspecified atom stereocenters. The zero-order valence-electron chi connectivity index (χ0n) is 10.2. The van der Waals surface area contributed by atoms with Crippen molar-refractivity contribution in [1.82, 2.24) is 9.55 Å². The molecule has 102 valence electrons. The molecule has 1 aromatic carbocycles. The standard InChI is InChI=1S/C14H9BrCl2N2O/c15-14-13(20-8-18-14)10-7-19(6-5-12(16)17)11-4-2-1-3-9(10)11/h1-5,7-8H,6H2. The zero-order chi connectivity index (χ0) is 14.1. The number of nitrogens with zero attached hydrogens (tertiary/aromatic N) is 2. The van der Waals surface area contributed by atoms with Crippen LogP contribution in [0.1, 0.15) is 0 Å². The summed E-state index contributed by atoms with van der Waals surface area (Å²) in [6.07, 6.45) is 5.17. The van der Waals surface area contributed by atoms with E-state index < -0.39 is 0 Å². The minimum atomic E-state index is 0.255. The number of oxazole rings is 1. The topological polar surface area (TPSA) is 31.0 Å². The maximum Gasteiger partial charge on any atom is 0.182 e. The van der Waals surface area contributed by atoms with Gasteiger partial charge in [0.2, 0.25) is 0 Å². The fourth-order valence-electron chi connectivity index (χ4n) is 2.15. The molecule has 0 aliphatic rings. The molecule has 0 N–H and O–H groups in total. The van der Waals surface area contributed by atoms with Crippen LogP contribution in [0.5, 0.6) is 0 Å².